The van der Waals surface area contributed by atoms with Crippen molar-refractivity contribution in [2.24, 2.45) is 5.92 Å². The van der Waals surface area contributed by atoms with Crippen molar-refractivity contribution >= 4 is 9.84 Å². The lowest BCUT2D eigenvalue weighted by Gasteiger charge is -2.04. The van der Waals surface area contributed by atoms with Crippen LogP contribution in [0.15, 0.2) is 0 Å². The second-order valence-corrected chi connectivity index (χ2v) is 5.39. The zero-order valence-corrected chi connectivity index (χ0v) is 7.65. The Bertz CT molecular complexity index is 210. The third-order valence-electron chi connectivity index (χ3n) is 2.13. The summed E-state index contributed by atoms with van der Waals surface area (Å²) >= 11 is 0. The first-order chi connectivity index (χ1) is 5.14. The van der Waals surface area contributed by atoms with Crippen molar-refractivity contribution in [2.45, 2.75) is 12.8 Å². The summed E-state index contributed by atoms with van der Waals surface area (Å²) in [7, 11) is -0.761. The average molecular weight is 177 g/mol. The summed E-state index contributed by atoms with van der Waals surface area (Å²) in [5.74, 6) is 1.23. The molecule has 4 heteroatoms. The molecule has 0 aliphatic carbocycles. The molecule has 1 heterocycles. The van der Waals surface area contributed by atoms with Crippen LogP contribution in [-0.4, -0.2) is 33.5 Å². The maximum atomic E-state index is 11.0. The van der Waals surface area contributed by atoms with Gasteiger partial charge in [0.05, 0.1) is 11.5 Å². The van der Waals surface area contributed by atoms with Crippen molar-refractivity contribution in [3.05, 3.63) is 0 Å². The maximum Gasteiger partial charge on any atom is 0.150 e. The van der Waals surface area contributed by atoms with Crippen LogP contribution in [0.5, 0.6) is 0 Å². The minimum absolute atomic E-state index is 0.404. The van der Waals surface area contributed by atoms with Gasteiger partial charge in [0.1, 0.15) is 0 Å². The predicted octanol–water partition coefficient (Wildman–Crippen LogP) is 0.0306. The normalized spacial score (nSPS) is 29.0. The molecule has 0 spiro atoms. The van der Waals surface area contributed by atoms with Crippen LogP contribution in [0.1, 0.15) is 12.8 Å². The second-order valence-electron chi connectivity index (χ2n) is 3.16. The molecule has 1 rings (SSSR count). The molecule has 11 heavy (non-hydrogen) atoms. The fourth-order valence-corrected chi connectivity index (χ4v) is 3.36. The average Bonchev–Trinajstić information content (AvgIpc) is 2.26. The Balaban J connectivity index is 2.31. The summed E-state index contributed by atoms with van der Waals surface area (Å²) in [6.07, 6.45) is 1.86. The number of rotatable bonds is 3. The number of nitrogens with one attached hydrogen (secondary N) is 1. The number of hydrogen-bond acceptors (Lipinski definition) is 3. The maximum absolute atomic E-state index is 11.0. The van der Waals surface area contributed by atoms with Gasteiger partial charge < -0.3 is 5.32 Å². The highest BCUT2D eigenvalue weighted by molar-refractivity contribution is 7.91. The molecule has 3 nitrogen and oxygen atoms in total. The van der Waals surface area contributed by atoms with Crippen LogP contribution in [0, 0.1) is 5.92 Å². The molecule has 0 amide bonds. The van der Waals surface area contributed by atoms with E-state index in [0.717, 1.165) is 19.4 Å². The van der Waals surface area contributed by atoms with E-state index in [4.69, 9.17) is 0 Å². The first kappa shape index (κ1) is 9.00. The summed E-state index contributed by atoms with van der Waals surface area (Å²) in [4.78, 5) is 0. The van der Waals surface area contributed by atoms with E-state index in [2.05, 4.69) is 5.32 Å². The van der Waals surface area contributed by atoms with Gasteiger partial charge in [-0.25, -0.2) is 8.42 Å². The number of sulfone groups is 1. The highest BCUT2D eigenvalue weighted by atomic mass is 32.2. The van der Waals surface area contributed by atoms with Gasteiger partial charge in [0.2, 0.25) is 0 Å². The molecule has 1 fully saturated rings. The summed E-state index contributed by atoms with van der Waals surface area (Å²) in [6.45, 7) is 0.931. The fourth-order valence-electron chi connectivity index (χ4n) is 1.45. The van der Waals surface area contributed by atoms with Gasteiger partial charge in [-0.15, -0.1) is 0 Å². The quantitative estimate of drug-likeness (QED) is 0.661. The van der Waals surface area contributed by atoms with Crippen LogP contribution in [-0.2, 0) is 9.84 Å². The van der Waals surface area contributed by atoms with Crippen LogP contribution in [0.25, 0.3) is 0 Å². The molecule has 0 aromatic heterocycles. The van der Waals surface area contributed by atoms with Crippen LogP contribution in [0.2, 0.25) is 0 Å². The largest absolute Gasteiger partial charge is 0.320 e. The van der Waals surface area contributed by atoms with Crippen LogP contribution < -0.4 is 5.32 Å². The first-order valence-corrected chi connectivity index (χ1v) is 5.81. The Hall–Kier alpha value is -0.0900. The summed E-state index contributed by atoms with van der Waals surface area (Å²) in [5, 5.41) is 3.03. The molecule has 0 aromatic carbocycles. The van der Waals surface area contributed by atoms with E-state index in [1.54, 1.807) is 0 Å². The van der Waals surface area contributed by atoms with Gasteiger partial charge in [-0.1, -0.05) is 0 Å². The predicted molar refractivity (Wildman–Crippen MR) is 45.3 cm³/mol. The van der Waals surface area contributed by atoms with Crippen molar-refractivity contribution in [2.75, 3.05) is 25.1 Å². The van der Waals surface area contributed by atoms with Crippen molar-refractivity contribution in [1.82, 2.24) is 5.32 Å². The van der Waals surface area contributed by atoms with Crippen LogP contribution in [0.3, 0.4) is 0 Å². The zero-order valence-electron chi connectivity index (χ0n) is 6.84. The second kappa shape index (κ2) is 3.54. The van der Waals surface area contributed by atoms with E-state index in [-0.39, 0.29) is 0 Å². The van der Waals surface area contributed by atoms with Gasteiger partial charge >= 0.3 is 0 Å². The first-order valence-electron chi connectivity index (χ1n) is 3.99. The monoisotopic (exact) mass is 177 g/mol. The summed E-state index contributed by atoms with van der Waals surface area (Å²) in [6, 6.07) is 0. The van der Waals surface area contributed by atoms with Crippen molar-refractivity contribution in [3.8, 4) is 0 Å². The fraction of sp³-hybridized carbons (Fsp3) is 1.00. The van der Waals surface area contributed by atoms with Gasteiger partial charge in [0, 0.05) is 0 Å². The Morgan fingerprint density at radius 1 is 1.55 bits per heavy atom. The molecule has 0 aromatic rings. The molecular weight excluding hydrogens is 162 g/mol. The Morgan fingerprint density at radius 2 is 2.27 bits per heavy atom. The standard InChI is InChI=1S/C7H15NO2S/c1-8-4-2-7-3-5-11(9,10)6-7/h7-8H,2-6H2,1H3/t7-/m1/s1. The smallest absolute Gasteiger partial charge is 0.150 e. The molecule has 1 saturated heterocycles. The third-order valence-corrected chi connectivity index (χ3v) is 3.97. The Labute approximate surface area is 68.1 Å². The van der Waals surface area contributed by atoms with Crippen LogP contribution in [0.4, 0.5) is 0 Å². The van der Waals surface area contributed by atoms with E-state index < -0.39 is 9.84 Å². The molecule has 1 N–H and O–H groups in total. The lowest BCUT2D eigenvalue weighted by atomic mass is 10.1. The van der Waals surface area contributed by atoms with Gasteiger partial charge in [-0.2, -0.15) is 0 Å². The van der Waals surface area contributed by atoms with E-state index >= 15 is 0 Å². The lowest BCUT2D eigenvalue weighted by molar-refractivity contribution is 0.526. The van der Waals surface area contributed by atoms with E-state index in [0.29, 0.717) is 17.4 Å². The molecule has 0 radical (unpaired) electrons. The molecule has 1 aliphatic rings. The van der Waals surface area contributed by atoms with E-state index in [1.807, 2.05) is 7.05 Å². The van der Waals surface area contributed by atoms with Gasteiger partial charge in [-0.3, -0.25) is 0 Å². The minimum atomic E-state index is -2.65. The third kappa shape index (κ3) is 2.79. The summed E-state index contributed by atoms with van der Waals surface area (Å²) < 4.78 is 22.0. The van der Waals surface area contributed by atoms with Gasteiger partial charge in [-0.05, 0) is 32.4 Å². The van der Waals surface area contributed by atoms with E-state index in [9.17, 15) is 8.42 Å². The number of hydrogen-bond donors (Lipinski definition) is 1. The van der Waals surface area contributed by atoms with Crippen molar-refractivity contribution in [3.63, 3.8) is 0 Å². The molecule has 1 atom stereocenters. The topological polar surface area (TPSA) is 46.2 Å². The Morgan fingerprint density at radius 3 is 2.73 bits per heavy atom. The summed E-state index contributed by atoms with van der Waals surface area (Å²) in [5.41, 5.74) is 0. The van der Waals surface area contributed by atoms with Crippen molar-refractivity contribution < 1.29 is 8.42 Å². The highest BCUT2D eigenvalue weighted by Crippen LogP contribution is 2.20. The Kier molecular flexibility index (Phi) is 2.90. The lowest BCUT2D eigenvalue weighted by Crippen LogP contribution is -2.14. The van der Waals surface area contributed by atoms with Crippen molar-refractivity contribution in [1.29, 1.82) is 0 Å². The van der Waals surface area contributed by atoms with Crippen LogP contribution >= 0.6 is 0 Å². The SMILES string of the molecule is CNCC[C@@H]1CCS(=O)(=O)C1. The van der Waals surface area contributed by atoms with Gasteiger partial charge in [0.25, 0.3) is 0 Å². The molecular formula is C7H15NO2S. The zero-order chi connectivity index (χ0) is 8.32. The molecule has 1 aliphatic heterocycles. The molecule has 0 bridgehead atoms. The molecule has 0 unspecified atom stereocenters. The van der Waals surface area contributed by atoms with E-state index in [1.165, 1.54) is 0 Å². The molecule has 0 saturated carbocycles. The minimum Gasteiger partial charge on any atom is -0.320 e. The molecule has 66 valence electrons. The van der Waals surface area contributed by atoms with Gasteiger partial charge in [0.15, 0.2) is 9.84 Å². The highest BCUT2D eigenvalue weighted by Gasteiger charge is 2.26.